The van der Waals surface area contributed by atoms with Crippen LogP contribution < -0.4 is 10.1 Å². The fourth-order valence-electron chi connectivity index (χ4n) is 2.27. The van der Waals surface area contributed by atoms with Crippen molar-refractivity contribution < 1.29 is 28.9 Å². The van der Waals surface area contributed by atoms with Gasteiger partial charge in [0.25, 0.3) is 0 Å². The minimum atomic E-state index is -1.13. The molecule has 0 unspecified atom stereocenters. The zero-order valence-corrected chi connectivity index (χ0v) is 16.1. The molecule has 1 amide bonds. The summed E-state index contributed by atoms with van der Waals surface area (Å²) in [6, 6.07) is 7.48. The zero-order chi connectivity index (χ0) is 19.8. The molecule has 0 heterocycles. The van der Waals surface area contributed by atoms with Crippen molar-refractivity contribution in [2.75, 3.05) is 20.3 Å². The Hall–Kier alpha value is -2.28. The first-order valence-corrected chi connectivity index (χ1v) is 8.47. The maximum absolute atomic E-state index is 12.2. The van der Waals surface area contributed by atoms with Gasteiger partial charge in [-0.05, 0) is 51.3 Å². The third-order valence-corrected chi connectivity index (χ3v) is 3.67. The fourth-order valence-corrected chi connectivity index (χ4v) is 2.27. The lowest BCUT2D eigenvalue weighted by atomic mass is 9.92. The highest BCUT2D eigenvalue weighted by atomic mass is 16.6. The maximum atomic E-state index is 12.2. The van der Waals surface area contributed by atoms with Crippen molar-refractivity contribution in [2.45, 2.75) is 51.7 Å². The molecule has 0 aliphatic carbocycles. The Morgan fingerprint density at radius 2 is 1.77 bits per heavy atom. The topological polar surface area (TPSA) is 94.1 Å². The summed E-state index contributed by atoms with van der Waals surface area (Å²) in [5.74, 6) is 0.257. The number of carbonyl (C=O) groups is 2. The quantitative estimate of drug-likeness (QED) is 0.686. The van der Waals surface area contributed by atoms with Gasteiger partial charge in [-0.3, -0.25) is 4.79 Å². The smallest absolute Gasteiger partial charge is 0.408 e. The van der Waals surface area contributed by atoms with Crippen molar-refractivity contribution in [3.8, 4) is 5.75 Å². The Morgan fingerprint density at radius 3 is 2.23 bits per heavy atom. The molecule has 7 heteroatoms. The first-order chi connectivity index (χ1) is 12.1. The van der Waals surface area contributed by atoms with Crippen LogP contribution in [0.5, 0.6) is 5.75 Å². The number of aryl methyl sites for hydroxylation is 1. The van der Waals surface area contributed by atoms with Crippen LogP contribution in [0.15, 0.2) is 24.3 Å². The van der Waals surface area contributed by atoms with Crippen LogP contribution >= 0.6 is 0 Å². The molecule has 0 fully saturated rings. The van der Waals surface area contributed by atoms with Crippen LogP contribution in [0.25, 0.3) is 0 Å². The first-order valence-electron chi connectivity index (χ1n) is 8.47. The monoisotopic (exact) mass is 367 g/mol. The van der Waals surface area contributed by atoms with Gasteiger partial charge >= 0.3 is 12.1 Å². The number of benzene rings is 1. The van der Waals surface area contributed by atoms with Gasteiger partial charge in [0, 0.05) is 6.92 Å². The largest absolute Gasteiger partial charge is 0.497 e. The van der Waals surface area contributed by atoms with E-state index in [1.807, 2.05) is 24.3 Å². The minimum absolute atomic E-state index is 0.145. The summed E-state index contributed by atoms with van der Waals surface area (Å²) in [7, 11) is 1.59. The van der Waals surface area contributed by atoms with E-state index in [1.165, 1.54) is 6.92 Å². The van der Waals surface area contributed by atoms with E-state index in [2.05, 4.69) is 5.32 Å². The summed E-state index contributed by atoms with van der Waals surface area (Å²) in [4.78, 5) is 23.4. The van der Waals surface area contributed by atoms with E-state index < -0.39 is 29.8 Å². The summed E-state index contributed by atoms with van der Waals surface area (Å²) in [6.07, 6.45) is 0.248. The molecule has 146 valence electrons. The summed E-state index contributed by atoms with van der Waals surface area (Å²) >= 11 is 0. The highest BCUT2D eigenvalue weighted by molar-refractivity contribution is 5.69. The lowest BCUT2D eigenvalue weighted by molar-refractivity contribution is -0.144. The van der Waals surface area contributed by atoms with Gasteiger partial charge in [-0.25, -0.2) is 4.79 Å². The molecule has 0 aromatic heterocycles. The number of rotatable bonds is 8. The predicted octanol–water partition coefficient (Wildman–Crippen LogP) is 2.45. The molecule has 0 aliphatic rings. The molecular weight excluding hydrogens is 338 g/mol. The number of alkyl carbamates (subject to hydrolysis) is 1. The van der Waals surface area contributed by atoms with Crippen LogP contribution in [0.4, 0.5) is 4.79 Å². The van der Waals surface area contributed by atoms with Gasteiger partial charge in [-0.1, -0.05) is 12.1 Å². The summed E-state index contributed by atoms with van der Waals surface area (Å²) in [5.41, 5.74) is -0.811. The predicted molar refractivity (Wildman–Crippen MR) is 97.1 cm³/mol. The second-order valence-electron chi connectivity index (χ2n) is 7.19. The maximum Gasteiger partial charge on any atom is 0.408 e. The van der Waals surface area contributed by atoms with Crippen molar-refractivity contribution >= 4 is 12.1 Å². The molecule has 1 aromatic rings. The molecule has 0 saturated heterocycles. The van der Waals surface area contributed by atoms with Gasteiger partial charge < -0.3 is 24.6 Å². The van der Waals surface area contributed by atoms with Gasteiger partial charge in [0.2, 0.25) is 0 Å². The van der Waals surface area contributed by atoms with Crippen LogP contribution in [0.3, 0.4) is 0 Å². The minimum Gasteiger partial charge on any atom is -0.497 e. The summed E-state index contributed by atoms with van der Waals surface area (Å²) < 4.78 is 15.5. The number of aliphatic hydroxyl groups is 1. The van der Waals surface area contributed by atoms with E-state index in [0.29, 0.717) is 12.8 Å². The molecule has 0 spiro atoms. The fraction of sp³-hybridized carbons (Fsp3) is 0.579. The average molecular weight is 367 g/mol. The zero-order valence-electron chi connectivity index (χ0n) is 16.1. The molecule has 2 N–H and O–H groups in total. The lowest BCUT2D eigenvalue weighted by Gasteiger charge is -2.33. The Bertz CT molecular complexity index is 593. The van der Waals surface area contributed by atoms with Gasteiger partial charge in [0.1, 0.15) is 23.5 Å². The normalized spacial score (nSPS) is 13.5. The van der Waals surface area contributed by atoms with E-state index in [-0.39, 0.29) is 6.61 Å². The van der Waals surface area contributed by atoms with Crippen molar-refractivity contribution in [1.82, 2.24) is 5.32 Å². The summed E-state index contributed by atoms with van der Waals surface area (Å²) in [6.45, 7) is 5.98. The van der Waals surface area contributed by atoms with Crippen LogP contribution in [-0.4, -0.2) is 48.6 Å². The number of ether oxygens (including phenoxy) is 3. The number of esters is 1. The Balaban J connectivity index is 2.86. The Kier molecular flexibility index (Phi) is 7.89. The number of amides is 1. The van der Waals surface area contributed by atoms with Crippen LogP contribution in [0.2, 0.25) is 0 Å². The number of methoxy groups -OCH3 is 1. The molecule has 1 aromatic carbocycles. The van der Waals surface area contributed by atoms with E-state index in [0.717, 1.165) is 11.3 Å². The van der Waals surface area contributed by atoms with Gasteiger partial charge in [-0.2, -0.15) is 0 Å². The van der Waals surface area contributed by atoms with E-state index >= 15 is 0 Å². The van der Waals surface area contributed by atoms with E-state index in [4.69, 9.17) is 14.2 Å². The van der Waals surface area contributed by atoms with E-state index in [1.54, 1.807) is 27.9 Å². The lowest BCUT2D eigenvalue weighted by Crippen LogP contribution is -2.56. The number of hydrogen-bond donors (Lipinski definition) is 2. The third-order valence-electron chi connectivity index (χ3n) is 3.67. The average Bonchev–Trinajstić information content (AvgIpc) is 2.56. The van der Waals surface area contributed by atoms with Crippen LogP contribution in [0.1, 0.15) is 39.7 Å². The van der Waals surface area contributed by atoms with Crippen LogP contribution in [0, 0.1) is 0 Å². The van der Waals surface area contributed by atoms with Gasteiger partial charge in [-0.15, -0.1) is 0 Å². The standard InChI is InChI=1S/C19H29NO6/c1-14(22)25-13-19(12-21,20-17(23)26-18(2,3)4)11-10-15-6-8-16(24-5)9-7-15/h6-9,21H,10-13H2,1-5H3,(H,20,23)/t19-/m0/s1. The molecule has 0 radical (unpaired) electrons. The van der Waals surface area contributed by atoms with Crippen LogP contribution in [-0.2, 0) is 20.7 Å². The SMILES string of the molecule is COc1ccc(CC[C@](CO)(COC(C)=O)NC(=O)OC(C)(C)C)cc1. The van der Waals surface area contributed by atoms with Crippen molar-refractivity contribution in [2.24, 2.45) is 0 Å². The molecule has 0 bridgehead atoms. The highest BCUT2D eigenvalue weighted by Crippen LogP contribution is 2.19. The first kappa shape index (κ1) is 21.8. The Labute approximate surface area is 154 Å². The molecule has 1 atom stereocenters. The molecule has 26 heavy (non-hydrogen) atoms. The number of aliphatic hydroxyl groups excluding tert-OH is 1. The molecule has 1 rings (SSSR count). The third kappa shape index (κ3) is 7.74. The highest BCUT2D eigenvalue weighted by Gasteiger charge is 2.34. The second-order valence-corrected chi connectivity index (χ2v) is 7.19. The number of hydrogen-bond acceptors (Lipinski definition) is 6. The molecule has 0 saturated carbocycles. The molecular formula is C19H29NO6. The van der Waals surface area contributed by atoms with Gasteiger partial charge in [0.15, 0.2) is 0 Å². The molecule has 7 nitrogen and oxygen atoms in total. The Morgan fingerprint density at radius 1 is 1.15 bits per heavy atom. The van der Waals surface area contributed by atoms with Crippen molar-refractivity contribution in [3.63, 3.8) is 0 Å². The second kappa shape index (κ2) is 9.43. The van der Waals surface area contributed by atoms with Gasteiger partial charge in [0.05, 0.1) is 13.7 Å². The van der Waals surface area contributed by atoms with E-state index in [9.17, 15) is 14.7 Å². The van der Waals surface area contributed by atoms with Crippen molar-refractivity contribution in [3.05, 3.63) is 29.8 Å². The number of carbonyl (C=O) groups excluding carboxylic acids is 2. The summed E-state index contributed by atoms with van der Waals surface area (Å²) in [5, 5.41) is 12.6. The molecule has 0 aliphatic heterocycles. The van der Waals surface area contributed by atoms with Crippen molar-refractivity contribution in [1.29, 1.82) is 0 Å². The number of nitrogens with one attached hydrogen (secondary N) is 1.